The quantitative estimate of drug-likeness (QED) is 0.836. The van der Waals surface area contributed by atoms with Crippen molar-refractivity contribution in [3.05, 3.63) is 35.6 Å². The van der Waals surface area contributed by atoms with E-state index in [1.54, 1.807) is 7.11 Å². The third kappa shape index (κ3) is 2.66. The van der Waals surface area contributed by atoms with Gasteiger partial charge in [0.05, 0.1) is 6.10 Å². The molecule has 1 aromatic rings. The smallest absolute Gasteiger partial charge is 0.123 e. The van der Waals surface area contributed by atoms with Crippen LogP contribution in [0.15, 0.2) is 24.3 Å². The van der Waals surface area contributed by atoms with Crippen molar-refractivity contribution in [1.29, 1.82) is 0 Å². The highest BCUT2D eigenvalue weighted by atomic mass is 19.1. The first kappa shape index (κ1) is 13.0. The summed E-state index contributed by atoms with van der Waals surface area (Å²) in [4.78, 5) is 2.41. The molecule has 0 N–H and O–H groups in total. The van der Waals surface area contributed by atoms with Crippen LogP contribution in [0.25, 0.3) is 0 Å². The Balaban J connectivity index is 1.71. The van der Waals surface area contributed by atoms with E-state index >= 15 is 0 Å². The first-order valence-electron chi connectivity index (χ1n) is 6.91. The summed E-state index contributed by atoms with van der Waals surface area (Å²) in [6.45, 7) is 2.57. The molecule has 0 aromatic heterocycles. The summed E-state index contributed by atoms with van der Waals surface area (Å²) < 4.78 is 24.3. The first-order valence-corrected chi connectivity index (χ1v) is 6.91. The molecular weight excluding hydrogens is 245 g/mol. The van der Waals surface area contributed by atoms with Crippen LogP contribution in [0.4, 0.5) is 4.39 Å². The second-order valence-electron chi connectivity index (χ2n) is 5.38. The lowest BCUT2D eigenvalue weighted by molar-refractivity contribution is -0.0655. The van der Waals surface area contributed by atoms with E-state index in [4.69, 9.17) is 9.47 Å². The van der Waals surface area contributed by atoms with E-state index in [0.717, 1.165) is 38.1 Å². The summed E-state index contributed by atoms with van der Waals surface area (Å²) in [6, 6.07) is 7.19. The zero-order chi connectivity index (χ0) is 13.2. The molecule has 19 heavy (non-hydrogen) atoms. The summed E-state index contributed by atoms with van der Waals surface area (Å²) >= 11 is 0. The maximum atomic E-state index is 12.9. The number of halogens is 1. The van der Waals surface area contributed by atoms with Gasteiger partial charge in [-0.15, -0.1) is 0 Å². The molecule has 104 valence electrons. The lowest BCUT2D eigenvalue weighted by Crippen LogP contribution is -2.41. The number of hydrogen-bond acceptors (Lipinski definition) is 3. The van der Waals surface area contributed by atoms with Gasteiger partial charge < -0.3 is 9.47 Å². The fraction of sp³-hybridized carbons (Fsp3) is 0.600. The third-order valence-corrected chi connectivity index (χ3v) is 4.19. The number of likely N-dealkylation sites (tertiary alicyclic amines) is 1. The second-order valence-corrected chi connectivity index (χ2v) is 5.38. The van der Waals surface area contributed by atoms with Gasteiger partial charge in [-0.1, -0.05) is 12.1 Å². The SMILES string of the molecule is CO[C@@H]1CN(Cc2ccc(F)cc2)[C@H]2CCCO[C@@H]12. The minimum atomic E-state index is -0.182. The molecule has 3 atom stereocenters. The minimum absolute atomic E-state index is 0.158. The second kappa shape index (κ2) is 5.57. The van der Waals surface area contributed by atoms with Crippen LogP contribution in [0, 0.1) is 5.82 Å². The van der Waals surface area contributed by atoms with Gasteiger partial charge in [-0.25, -0.2) is 4.39 Å². The highest BCUT2D eigenvalue weighted by Gasteiger charge is 2.43. The maximum absolute atomic E-state index is 12.9. The Hall–Kier alpha value is -0.970. The Morgan fingerprint density at radius 2 is 2.16 bits per heavy atom. The van der Waals surface area contributed by atoms with Gasteiger partial charge in [-0.2, -0.15) is 0 Å². The van der Waals surface area contributed by atoms with Crippen molar-refractivity contribution in [2.75, 3.05) is 20.3 Å². The van der Waals surface area contributed by atoms with Crippen LogP contribution in [0.3, 0.4) is 0 Å². The predicted molar refractivity (Wildman–Crippen MR) is 70.4 cm³/mol. The topological polar surface area (TPSA) is 21.7 Å². The summed E-state index contributed by atoms with van der Waals surface area (Å²) in [7, 11) is 1.75. The number of benzene rings is 1. The van der Waals surface area contributed by atoms with E-state index in [1.807, 2.05) is 12.1 Å². The highest BCUT2D eigenvalue weighted by molar-refractivity contribution is 5.16. The molecule has 3 rings (SSSR count). The average molecular weight is 265 g/mol. The van der Waals surface area contributed by atoms with Crippen LogP contribution in [0.2, 0.25) is 0 Å². The van der Waals surface area contributed by atoms with Crippen LogP contribution in [-0.4, -0.2) is 43.4 Å². The van der Waals surface area contributed by atoms with Crippen LogP contribution < -0.4 is 0 Å². The molecule has 0 unspecified atom stereocenters. The van der Waals surface area contributed by atoms with Crippen molar-refractivity contribution in [2.45, 2.75) is 37.6 Å². The molecule has 0 aliphatic carbocycles. The fourth-order valence-electron chi connectivity index (χ4n) is 3.22. The van der Waals surface area contributed by atoms with E-state index in [2.05, 4.69) is 4.90 Å². The molecule has 2 aliphatic rings. The van der Waals surface area contributed by atoms with E-state index in [-0.39, 0.29) is 18.0 Å². The zero-order valence-corrected chi connectivity index (χ0v) is 11.2. The Morgan fingerprint density at radius 1 is 1.37 bits per heavy atom. The molecule has 2 aliphatic heterocycles. The summed E-state index contributed by atoms with van der Waals surface area (Å²) in [5, 5.41) is 0. The maximum Gasteiger partial charge on any atom is 0.123 e. The molecule has 0 amide bonds. The normalized spacial score (nSPS) is 31.4. The van der Waals surface area contributed by atoms with Crippen molar-refractivity contribution in [3.8, 4) is 0 Å². The third-order valence-electron chi connectivity index (χ3n) is 4.19. The predicted octanol–water partition coefficient (Wildman–Crippen LogP) is 2.20. The first-order chi connectivity index (χ1) is 9.28. The molecular formula is C15H20FNO2. The molecule has 2 heterocycles. The summed E-state index contributed by atoms with van der Waals surface area (Å²) in [5.41, 5.74) is 1.14. The highest BCUT2D eigenvalue weighted by Crippen LogP contribution is 2.31. The molecule has 0 radical (unpaired) electrons. The van der Waals surface area contributed by atoms with E-state index in [9.17, 15) is 4.39 Å². The minimum Gasteiger partial charge on any atom is -0.377 e. The molecule has 0 saturated carbocycles. The van der Waals surface area contributed by atoms with Gasteiger partial charge in [0.1, 0.15) is 11.9 Å². The van der Waals surface area contributed by atoms with Gasteiger partial charge in [-0.05, 0) is 30.5 Å². The number of fused-ring (bicyclic) bond motifs is 1. The molecule has 4 heteroatoms. The van der Waals surface area contributed by atoms with Crippen LogP contribution >= 0.6 is 0 Å². The lowest BCUT2D eigenvalue weighted by atomic mass is 10.0. The summed E-state index contributed by atoms with van der Waals surface area (Å²) in [5.74, 6) is -0.182. The molecule has 1 aromatic carbocycles. The fourth-order valence-corrected chi connectivity index (χ4v) is 3.22. The Kier molecular flexibility index (Phi) is 3.82. The zero-order valence-electron chi connectivity index (χ0n) is 11.2. The average Bonchev–Trinajstić information content (AvgIpc) is 2.80. The molecule has 2 fully saturated rings. The molecule has 0 bridgehead atoms. The van der Waals surface area contributed by atoms with Crippen LogP contribution in [0.5, 0.6) is 0 Å². The van der Waals surface area contributed by atoms with Gasteiger partial charge in [0, 0.05) is 32.8 Å². The van der Waals surface area contributed by atoms with Gasteiger partial charge >= 0.3 is 0 Å². The van der Waals surface area contributed by atoms with Gasteiger partial charge in [0.15, 0.2) is 0 Å². The summed E-state index contributed by atoms with van der Waals surface area (Å²) in [6.07, 6.45) is 2.62. The number of hydrogen-bond donors (Lipinski definition) is 0. The molecule has 3 nitrogen and oxygen atoms in total. The van der Waals surface area contributed by atoms with Gasteiger partial charge in [0.2, 0.25) is 0 Å². The number of ether oxygens (including phenoxy) is 2. The number of methoxy groups -OCH3 is 1. The van der Waals surface area contributed by atoms with Crippen molar-refractivity contribution in [3.63, 3.8) is 0 Å². The molecule has 2 saturated heterocycles. The van der Waals surface area contributed by atoms with Gasteiger partial charge in [0.25, 0.3) is 0 Å². The number of rotatable bonds is 3. The van der Waals surface area contributed by atoms with Crippen molar-refractivity contribution < 1.29 is 13.9 Å². The number of nitrogens with zero attached hydrogens (tertiary/aromatic N) is 1. The van der Waals surface area contributed by atoms with E-state index in [0.29, 0.717) is 6.04 Å². The largest absolute Gasteiger partial charge is 0.377 e. The van der Waals surface area contributed by atoms with Crippen LogP contribution in [0.1, 0.15) is 18.4 Å². The van der Waals surface area contributed by atoms with Crippen molar-refractivity contribution >= 4 is 0 Å². The standard InChI is InChI=1S/C15H20FNO2/c1-18-14-10-17(13-3-2-8-19-15(13)14)9-11-4-6-12(16)7-5-11/h4-7,13-15H,2-3,8-10H2,1H3/t13-,14+,15+/m0/s1. The van der Waals surface area contributed by atoms with Crippen molar-refractivity contribution in [1.82, 2.24) is 4.90 Å². The van der Waals surface area contributed by atoms with E-state index in [1.165, 1.54) is 12.1 Å². The Bertz CT molecular complexity index is 423. The Morgan fingerprint density at radius 3 is 2.89 bits per heavy atom. The molecule has 0 spiro atoms. The Labute approximate surface area is 113 Å². The monoisotopic (exact) mass is 265 g/mol. The lowest BCUT2D eigenvalue weighted by Gasteiger charge is -2.32. The van der Waals surface area contributed by atoms with E-state index < -0.39 is 0 Å². The van der Waals surface area contributed by atoms with Crippen LogP contribution in [-0.2, 0) is 16.0 Å². The van der Waals surface area contributed by atoms with Gasteiger partial charge in [-0.3, -0.25) is 4.90 Å². The van der Waals surface area contributed by atoms with Crippen molar-refractivity contribution in [2.24, 2.45) is 0 Å².